The molecular weight excluding hydrogens is 328 g/mol. The first-order valence-electron chi connectivity index (χ1n) is 8.89. The van der Waals surface area contributed by atoms with Crippen LogP contribution in [0.25, 0.3) is 0 Å². The standard InChI is InChI=1S/C21H24N2O3/c1-14(2)18(23-21(25)26-13-15-9-5-3-6-10-15)17-19(22-20(17)24)16-11-7-4-8-12-16/h3-12,14,17-19H,13H2,1-2H3,(H,22,24)(H,23,25)/t17-,18+,19-/m1/s1. The monoisotopic (exact) mass is 352 g/mol. The minimum absolute atomic E-state index is 0.0408. The quantitative estimate of drug-likeness (QED) is 0.783. The smallest absolute Gasteiger partial charge is 0.407 e. The summed E-state index contributed by atoms with van der Waals surface area (Å²) in [7, 11) is 0. The van der Waals surface area contributed by atoms with Crippen molar-refractivity contribution in [3.63, 3.8) is 0 Å². The van der Waals surface area contributed by atoms with Crippen molar-refractivity contribution in [2.24, 2.45) is 11.8 Å². The van der Waals surface area contributed by atoms with E-state index in [1.165, 1.54) is 0 Å². The van der Waals surface area contributed by atoms with Crippen LogP contribution in [0.1, 0.15) is 31.0 Å². The fourth-order valence-corrected chi connectivity index (χ4v) is 3.29. The van der Waals surface area contributed by atoms with E-state index in [4.69, 9.17) is 4.74 Å². The summed E-state index contributed by atoms with van der Waals surface area (Å²) in [6.07, 6.45) is -0.501. The molecule has 0 unspecified atom stereocenters. The Morgan fingerprint density at radius 1 is 1.08 bits per heavy atom. The van der Waals surface area contributed by atoms with E-state index in [1.54, 1.807) is 0 Å². The number of ether oxygens (including phenoxy) is 1. The minimum atomic E-state index is -0.501. The number of hydrogen-bond acceptors (Lipinski definition) is 3. The molecular formula is C21H24N2O3. The van der Waals surface area contributed by atoms with Gasteiger partial charge in [-0.05, 0) is 17.0 Å². The Bertz CT molecular complexity index is 746. The summed E-state index contributed by atoms with van der Waals surface area (Å²) >= 11 is 0. The first-order chi connectivity index (χ1) is 12.6. The lowest BCUT2D eigenvalue weighted by Gasteiger charge is -2.43. The SMILES string of the molecule is CC(C)[C@H](NC(=O)OCc1ccccc1)[C@H]1C(=O)N[C@@H]1c1ccccc1. The predicted molar refractivity (Wildman–Crippen MR) is 99.2 cm³/mol. The fourth-order valence-electron chi connectivity index (χ4n) is 3.29. The van der Waals surface area contributed by atoms with Gasteiger partial charge in [-0.1, -0.05) is 74.5 Å². The maximum Gasteiger partial charge on any atom is 0.407 e. The maximum atomic E-state index is 12.3. The van der Waals surface area contributed by atoms with Crippen molar-refractivity contribution in [2.45, 2.75) is 32.5 Å². The first-order valence-corrected chi connectivity index (χ1v) is 8.89. The van der Waals surface area contributed by atoms with Crippen LogP contribution in [0.2, 0.25) is 0 Å². The average molecular weight is 352 g/mol. The largest absolute Gasteiger partial charge is 0.445 e. The van der Waals surface area contributed by atoms with E-state index >= 15 is 0 Å². The first kappa shape index (κ1) is 18.0. The van der Waals surface area contributed by atoms with Crippen LogP contribution in [0.5, 0.6) is 0 Å². The van der Waals surface area contributed by atoms with E-state index < -0.39 is 6.09 Å². The normalized spacial score (nSPS) is 20.0. The minimum Gasteiger partial charge on any atom is -0.445 e. The van der Waals surface area contributed by atoms with Crippen molar-refractivity contribution < 1.29 is 14.3 Å². The Kier molecular flexibility index (Phi) is 5.56. The van der Waals surface area contributed by atoms with Gasteiger partial charge in [-0.2, -0.15) is 0 Å². The Labute approximate surface area is 153 Å². The second-order valence-corrected chi connectivity index (χ2v) is 6.90. The van der Waals surface area contributed by atoms with Gasteiger partial charge in [-0.3, -0.25) is 4.79 Å². The van der Waals surface area contributed by atoms with Gasteiger partial charge in [0.05, 0.1) is 12.0 Å². The molecule has 1 aliphatic rings. The Hall–Kier alpha value is -2.82. The van der Waals surface area contributed by atoms with Crippen molar-refractivity contribution in [3.8, 4) is 0 Å². The van der Waals surface area contributed by atoms with Crippen LogP contribution >= 0.6 is 0 Å². The molecule has 3 rings (SSSR count). The molecule has 0 aromatic heterocycles. The third kappa shape index (κ3) is 4.04. The topological polar surface area (TPSA) is 67.4 Å². The Morgan fingerprint density at radius 3 is 2.27 bits per heavy atom. The van der Waals surface area contributed by atoms with Gasteiger partial charge in [0.25, 0.3) is 0 Å². The molecule has 2 aromatic rings. The number of amides is 2. The fraction of sp³-hybridized carbons (Fsp3) is 0.333. The summed E-state index contributed by atoms with van der Waals surface area (Å²) < 4.78 is 5.32. The van der Waals surface area contributed by atoms with Crippen LogP contribution in [-0.2, 0) is 16.1 Å². The van der Waals surface area contributed by atoms with Crippen molar-refractivity contribution in [2.75, 3.05) is 0 Å². The third-order valence-electron chi connectivity index (χ3n) is 4.72. The summed E-state index contributed by atoms with van der Waals surface area (Å²) in [5.74, 6) is -0.246. The zero-order valence-corrected chi connectivity index (χ0v) is 15.0. The summed E-state index contributed by atoms with van der Waals surface area (Å²) in [4.78, 5) is 24.5. The molecule has 1 heterocycles. The van der Waals surface area contributed by atoms with Crippen molar-refractivity contribution in [1.82, 2.24) is 10.6 Å². The van der Waals surface area contributed by atoms with Crippen molar-refractivity contribution >= 4 is 12.0 Å². The maximum absolute atomic E-state index is 12.3. The van der Waals surface area contributed by atoms with Gasteiger partial charge in [-0.25, -0.2) is 4.79 Å². The summed E-state index contributed by atoms with van der Waals surface area (Å²) in [5.41, 5.74) is 1.97. The number of benzene rings is 2. The molecule has 1 aliphatic heterocycles. The molecule has 0 radical (unpaired) electrons. The van der Waals surface area contributed by atoms with E-state index in [1.807, 2.05) is 74.5 Å². The van der Waals surface area contributed by atoms with Gasteiger partial charge in [0.2, 0.25) is 5.91 Å². The average Bonchev–Trinajstić information content (AvgIpc) is 2.65. The van der Waals surface area contributed by atoms with Crippen molar-refractivity contribution in [3.05, 3.63) is 71.8 Å². The number of hydrogen-bond donors (Lipinski definition) is 2. The van der Waals surface area contributed by atoms with Gasteiger partial charge in [-0.15, -0.1) is 0 Å². The van der Waals surface area contributed by atoms with Crippen LogP contribution < -0.4 is 10.6 Å². The van der Waals surface area contributed by atoms with Crippen LogP contribution in [0.3, 0.4) is 0 Å². The van der Waals surface area contributed by atoms with Crippen LogP contribution in [0.4, 0.5) is 4.79 Å². The van der Waals surface area contributed by atoms with Gasteiger partial charge in [0.1, 0.15) is 6.61 Å². The zero-order valence-electron chi connectivity index (χ0n) is 15.0. The van der Waals surface area contributed by atoms with E-state index in [0.29, 0.717) is 0 Å². The molecule has 136 valence electrons. The Morgan fingerprint density at radius 2 is 1.69 bits per heavy atom. The van der Waals surface area contributed by atoms with E-state index in [9.17, 15) is 9.59 Å². The summed E-state index contributed by atoms with van der Waals surface area (Å²) in [6, 6.07) is 18.9. The van der Waals surface area contributed by atoms with Gasteiger partial charge >= 0.3 is 6.09 Å². The molecule has 2 N–H and O–H groups in total. The molecule has 1 fully saturated rings. The second kappa shape index (κ2) is 8.04. The molecule has 26 heavy (non-hydrogen) atoms. The number of carbonyl (C=O) groups excluding carboxylic acids is 2. The van der Waals surface area contributed by atoms with Gasteiger partial charge in [0.15, 0.2) is 0 Å². The van der Waals surface area contributed by atoms with Gasteiger partial charge in [0, 0.05) is 6.04 Å². The highest BCUT2D eigenvalue weighted by molar-refractivity contribution is 5.87. The number of β-lactam (4-membered cyclic amide) rings is 1. The number of carbonyl (C=O) groups is 2. The number of nitrogens with one attached hydrogen (secondary N) is 2. The Balaban J connectivity index is 1.64. The van der Waals surface area contributed by atoms with E-state index in [-0.39, 0.29) is 36.4 Å². The lowest BCUT2D eigenvalue weighted by Crippen LogP contribution is -2.62. The molecule has 0 aliphatic carbocycles. The van der Waals surface area contributed by atoms with Crippen LogP contribution in [0, 0.1) is 11.8 Å². The molecule has 0 spiro atoms. The van der Waals surface area contributed by atoms with E-state index in [2.05, 4.69) is 10.6 Å². The number of rotatable bonds is 6. The highest BCUT2D eigenvalue weighted by Gasteiger charge is 2.46. The molecule has 5 heteroatoms. The third-order valence-corrected chi connectivity index (χ3v) is 4.72. The lowest BCUT2D eigenvalue weighted by molar-refractivity contribution is -0.137. The zero-order chi connectivity index (χ0) is 18.5. The molecule has 3 atom stereocenters. The molecule has 5 nitrogen and oxygen atoms in total. The highest BCUT2D eigenvalue weighted by atomic mass is 16.5. The second-order valence-electron chi connectivity index (χ2n) is 6.90. The molecule has 2 aromatic carbocycles. The summed E-state index contributed by atoms with van der Waals surface area (Å²) in [6.45, 7) is 4.20. The molecule has 0 bridgehead atoms. The molecule has 2 amide bonds. The molecule has 0 saturated carbocycles. The highest BCUT2D eigenvalue weighted by Crippen LogP contribution is 2.35. The van der Waals surface area contributed by atoms with E-state index in [0.717, 1.165) is 11.1 Å². The number of alkyl carbamates (subject to hydrolysis) is 1. The molecule has 1 saturated heterocycles. The lowest BCUT2D eigenvalue weighted by atomic mass is 9.76. The summed E-state index contributed by atoms with van der Waals surface area (Å²) in [5, 5.41) is 5.84. The van der Waals surface area contributed by atoms with Gasteiger partial charge < -0.3 is 15.4 Å². The predicted octanol–water partition coefficient (Wildman–Crippen LogP) is 3.42. The van der Waals surface area contributed by atoms with Crippen molar-refractivity contribution in [1.29, 1.82) is 0 Å². The van der Waals surface area contributed by atoms with Crippen LogP contribution in [0.15, 0.2) is 60.7 Å². The van der Waals surface area contributed by atoms with Crippen LogP contribution in [-0.4, -0.2) is 18.0 Å².